The molecule has 39 heavy (non-hydrogen) atoms. The number of fused-ring (bicyclic) bond motifs is 2. The SMILES string of the molecule is CC(NC(=O)c1c(N)nn2cccnc12)c1nc2cccc(C=Cc3ccn[nH]3)c2c(=O)n1-c1ccccc1. The molecule has 2 aromatic carbocycles. The van der Waals surface area contributed by atoms with E-state index in [0.29, 0.717) is 33.6 Å². The van der Waals surface area contributed by atoms with E-state index < -0.39 is 11.9 Å². The van der Waals surface area contributed by atoms with Gasteiger partial charge >= 0.3 is 0 Å². The number of aromatic nitrogens is 7. The summed E-state index contributed by atoms with van der Waals surface area (Å²) in [5.74, 6) is -0.0531. The maximum atomic E-state index is 14.1. The van der Waals surface area contributed by atoms with Gasteiger partial charge in [0.05, 0.1) is 28.3 Å². The van der Waals surface area contributed by atoms with Crippen molar-refractivity contribution in [3.8, 4) is 5.69 Å². The number of carbonyl (C=O) groups excluding carboxylic acids is 1. The van der Waals surface area contributed by atoms with Crippen LogP contribution in [0.25, 0.3) is 34.4 Å². The van der Waals surface area contributed by atoms with E-state index in [0.717, 1.165) is 5.69 Å². The Morgan fingerprint density at radius 2 is 1.90 bits per heavy atom. The van der Waals surface area contributed by atoms with Crippen LogP contribution in [0.4, 0.5) is 5.82 Å². The van der Waals surface area contributed by atoms with Crippen molar-refractivity contribution in [1.29, 1.82) is 0 Å². The number of carbonyl (C=O) groups is 1. The highest BCUT2D eigenvalue weighted by Gasteiger charge is 2.24. The van der Waals surface area contributed by atoms with Crippen LogP contribution in [0.2, 0.25) is 0 Å². The van der Waals surface area contributed by atoms with Crippen LogP contribution in [0.15, 0.2) is 84.0 Å². The van der Waals surface area contributed by atoms with Gasteiger partial charge < -0.3 is 11.1 Å². The van der Waals surface area contributed by atoms with Crippen molar-refractivity contribution < 1.29 is 4.79 Å². The molecule has 0 saturated heterocycles. The number of anilines is 1. The normalized spacial score (nSPS) is 12.3. The molecule has 1 amide bonds. The van der Waals surface area contributed by atoms with Crippen molar-refractivity contribution >= 4 is 40.4 Å². The van der Waals surface area contributed by atoms with E-state index in [9.17, 15) is 9.59 Å². The van der Waals surface area contributed by atoms with Crippen LogP contribution >= 0.6 is 0 Å². The summed E-state index contributed by atoms with van der Waals surface area (Å²) in [6.07, 6.45) is 8.58. The molecular weight excluding hydrogens is 494 g/mol. The highest BCUT2D eigenvalue weighted by Crippen LogP contribution is 2.23. The molecule has 192 valence electrons. The lowest BCUT2D eigenvalue weighted by molar-refractivity contribution is 0.0940. The molecule has 4 N–H and O–H groups in total. The van der Waals surface area contributed by atoms with E-state index >= 15 is 0 Å². The third-order valence-electron chi connectivity index (χ3n) is 6.32. The zero-order chi connectivity index (χ0) is 26.9. The summed E-state index contributed by atoms with van der Waals surface area (Å²) in [7, 11) is 0. The van der Waals surface area contributed by atoms with Crippen LogP contribution in [-0.2, 0) is 0 Å². The lowest BCUT2D eigenvalue weighted by Crippen LogP contribution is -2.33. The van der Waals surface area contributed by atoms with E-state index in [1.54, 1.807) is 37.6 Å². The molecule has 0 saturated carbocycles. The fourth-order valence-corrected chi connectivity index (χ4v) is 4.52. The summed E-state index contributed by atoms with van der Waals surface area (Å²) in [6, 6.07) is 17.5. The Bertz CT molecular complexity index is 1910. The minimum Gasteiger partial charge on any atom is -0.381 e. The zero-order valence-electron chi connectivity index (χ0n) is 20.8. The van der Waals surface area contributed by atoms with Gasteiger partial charge in [-0.25, -0.2) is 14.5 Å². The molecule has 0 aliphatic carbocycles. The first-order chi connectivity index (χ1) is 19.0. The second-order valence-corrected chi connectivity index (χ2v) is 8.88. The van der Waals surface area contributed by atoms with Crippen LogP contribution in [0.5, 0.6) is 0 Å². The summed E-state index contributed by atoms with van der Waals surface area (Å²) < 4.78 is 2.97. The van der Waals surface area contributed by atoms with E-state index in [1.165, 1.54) is 9.08 Å². The largest absolute Gasteiger partial charge is 0.381 e. The Hall–Kier alpha value is -5.58. The van der Waals surface area contributed by atoms with Gasteiger partial charge in [-0.3, -0.25) is 19.3 Å². The highest BCUT2D eigenvalue weighted by atomic mass is 16.2. The van der Waals surface area contributed by atoms with Gasteiger partial charge in [-0.05, 0) is 48.9 Å². The monoisotopic (exact) mass is 517 g/mol. The molecule has 6 aromatic rings. The Balaban J connectivity index is 1.47. The number of hydrogen-bond donors (Lipinski definition) is 3. The molecule has 0 fully saturated rings. The van der Waals surface area contributed by atoms with E-state index in [4.69, 9.17) is 10.7 Å². The first kappa shape index (κ1) is 23.8. The standard InChI is InChI=1S/C28H23N9O2/c1-17(32-27(38)23-24(29)35-36-16-6-14-30-26(23)36)25-33-21-10-5-7-18(11-12-19-13-15-31-34-19)22(21)28(39)37(25)20-8-3-2-4-9-20/h2-17H,1H3,(H2,29,35)(H,31,34)(H,32,38). The first-order valence-electron chi connectivity index (χ1n) is 12.2. The molecule has 4 aromatic heterocycles. The highest BCUT2D eigenvalue weighted by molar-refractivity contribution is 6.04. The lowest BCUT2D eigenvalue weighted by atomic mass is 10.1. The second kappa shape index (κ2) is 9.71. The minimum atomic E-state index is -0.669. The van der Waals surface area contributed by atoms with Gasteiger partial charge in [0.15, 0.2) is 11.5 Å². The molecule has 6 rings (SSSR count). The van der Waals surface area contributed by atoms with E-state index in [-0.39, 0.29) is 16.9 Å². The number of nitrogens with two attached hydrogens (primary N) is 1. The second-order valence-electron chi connectivity index (χ2n) is 8.88. The van der Waals surface area contributed by atoms with Gasteiger partial charge in [-0.1, -0.05) is 36.4 Å². The number of nitrogens with zero attached hydrogens (tertiary/aromatic N) is 6. The van der Waals surface area contributed by atoms with Crippen molar-refractivity contribution in [2.24, 2.45) is 0 Å². The third-order valence-corrected chi connectivity index (χ3v) is 6.32. The number of H-pyrrole nitrogens is 1. The molecule has 0 radical (unpaired) electrons. The van der Waals surface area contributed by atoms with Crippen LogP contribution in [0.1, 0.15) is 40.4 Å². The number of nitrogens with one attached hydrogen (secondary N) is 2. The maximum absolute atomic E-state index is 14.1. The minimum absolute atomic E-state index is 0.0546. The number of nitrogen functional groups attached to an aromatic ring is 1. The number of aromatic amines is 1. The topological polar surface area (TPSA) is 149 Å². The molecule has 0 bridgehead atoms. The zero-order valence-corrected chi connectivity index (χ0v) is 20.8. The van der Waals surface area contributed by atoms with Gasteiger partial charge in [0, 0.05) is 18.6 Å². The molecule has 1 unspecified atom stereocenters. The molecule has 0 spiro atoms. The lowest BCUT2D eigenvalue weighted by Gasteiger charge is -2.20. The van der Waals surface area contributed by atoms with Gasteiger partial charge in [0.25, 0.3) is 11.5 Å². The molecule has 1 atom stereocenters. The fourth-order valence-electron chi connectivity index (χ4n) is 4.52. The fraction of sp³-hybridized carbons (Fsp3) is 0.0714. The summed E-state index contributed by atoms with van der Waals surface area (Å²) in [4.78, 5) is 36.6. The van der Waals surface area contributed by atoms with Crippen LogP contribution in [0, 0.1) is 0 Å². The van der Waals surface area contributed by atoms with Crippen molar-refractivity contribution in [2.45, 2.75) is 13.0 Å². The number of hydrogen-bond acceptors (Lipinski definition) is 7. The van der Waals surface area contributed by atoms with E-state index in [1.807, 2.05) is 60.7 Å². The number of benzene rings is 2. The smallest absolute Gasteiger partial charge is 0.266 e. The molecule has 0 aliphatic rings. The first-order valence-corrected chi connectivity index (χ1v) is 12.2. The molecular formula is C28H23N9O2. The van der Waals surface area contributed by atoms with Crippen LogP contribution in [-0.4, -0.2) is 40.3 Å². The Morgan fingerprint density at radius 3 is 2.69 bits per heavy atom. The Labute approximate surface area is 221 Å². The predicted octanol–water partition coefficient (Wildman–Crippen LogP) is 3.40. The summed E-state index contributed by atoms with van der Waals surface area (Å²) in [5.41, 5.74) is 8.92. The average molecular weight is 518 g/mol. The Morgan fingerprint density at radius 1 is 1.05 bits per heavy atom. The summed E-state index contributed by atoms with van der Waals surface area (Å²) >= 11 is 0. The predicted molar refractivity (Wildman–Crippen MR) is 148 cm³/mol. The molecule has 0 aliphatic heterocycles. The van der Waals surface area contributed by atoms with Gasteiger partial charge in [-0.15, -0.1) is 5.10 Å². The van der Waals surface area contributed by atoms with Crippen molar-refractivity contribution in [2.75, 3.05) is 5.73 Å². The van der Waals surface area contributed by atoms with E-state index in [2.05, 4.69) is 25.6 Å². The maximum Gasteiger partial charge on any atom is 0.266 e. The number of para-hydroxylation sites is 1. The van der Waals surface area contributed by atoms with Gasteiger partial charge in [-0.2, -0.15) is 5.10 Å². The summed E-state index contributed by atoms with van der Waals surface area (Å²) in [6.45, 7) is 1.77. The number of amides is 1. The van der Waals surface area contributed by atoms with Crippen molar-refractivity contribution in [1.82, 2.24) is 39.7 Å². The average Bonchev–Trinajstić information content (AvgIpc) is 3.59. The van der Waals surface area contributed by atoms with Crippen molar-refractivity contribution in [3.05, 3.63) is 112 Å². The van der Waals surface area contributed by atoms with Gasteiger partial charge in [0.2, 0.25) is 0 Å². The van der Waals surface area contributed by atoms with Crippen LogP contribution in [0.3, 0.4) is 0 Å². The van der Waals surface area contributed by atoms with Gasteiger partial charge in [0.1, 0.15) is 11.4 Å². The Kier molecular flexibility index (Phi) is 5.92. The third kappa shape index (κ3) is 4.31. The number of rotatable bonds is 6. The van der Waals surface area contributed by atoms with Crippen molar-refractivity contribution in [3.63, 3.8) is 0 Å². The quantitative estimate of drug-likeness (QED) is 0.307. The summed E-state index contributed by atoms with van der Waals surface area (Å²) in [5, 5.41) is 14.4. The molecule has 11 nitrogen and oxygen atoms in total. The molecule has 11 heteroatoms. The van der Waals surface area contributed by atoms with Crippen LogP contribution < -0.4 is 16.6 Å². The molecule has 4 heterocycles.